The van der Waals surface area contributed by atoms with Crippen molar-refractivity contribution in [1.82, 2.24) is 14.1 Å². The monoisotopic (exact) mass is 349 g/mol. The van der Waals surface area contributed by atoms with E-state index in [2.05, 4.69) is 5.10 Å². The van der Waals surface area contributed by atoms with Crippen molar-refractivity contribution in [3.63, 3.8) is 0 Å². The Morgan fingerprint density at radius 2 is 1.96 bits per heavy atom. The number of aryl methyl sites for hydroxylation is 1. The number of sulfonamides is 1. The summed E-state index contributed by atoms with van der Waals surface area (Å²) in [5.74, 6) is 0.679. The summed E-state index contributed by atoms with van der Waals surface area (Å²) in [4.78, 5) is 0.306. The van der Waals surface area contributed by atoms with Crippen molar-refractivity contribution in [2.75, 3.05) is 13.2 Å². The molecule has 0 N–H and O–H groups in total. The molecule has 2 aromatic rings. The first-order valence-corrected chi connectivity index (χ1v) is 9.78. The first-order chi connectivity index (χ1) is 11.6. The van der Waals surface area contributed by atoms with Crippen LogP contribution in [0.1, 0.15) is 38.4 Å². The highest BCUT2D eigenvalue weighted by Crippen LogP contribution is 2.36. The van der Waals surface area contributed by atoms with Gasteiger partial charge in [0, 0.05) is 19.3 Å². The van der Waals surface area contributed by atoms with Crippen molar-refractivity contribution in [3.05, 3.63) is 42.2 Å². The summed E-state index contributed by atoms with van der Waals surface area (Å²) >= 11 is 0. The van der Waals surface area contributed by atoms with Crippen LogP contribution in [0.3, 0.4) is 0 Å². The van der Waals surface area contributed by atoms with E-state index in [1.807, 2.05) is 24.6 Å². The quantitative estimate of drug-likeness (QED) is 0.804. The molecule has 7 heteroatoms. The van der Waals surface area contributed by atoms with Gasteiger partial charge in [-0.1, -0.05) is 0 Å². The third kappa shape index (κ3) is 3.06. The largest absolute Gasteiger partial charge is 0.494 e. The Morgan fingerprint density at radius 1 is 1.21 bits per heavy atom. The maximum absolute atomic E-state index is 13.1. The van der Waals surface area contributed by atoms with Gasteiger partial charge in [0.15, 0.2) is 0 Å². The fourth-order valence-corrected chi connectivity index (χ4v) is 4.89. The van der Waals surface area contributed by atoms with Crippen LogP contribution in [0.25, 0.3) is 0 Å². The Labute approximate surface area is 143 Å². The molecule has 1 aromatic heterocycles. The van der Waals surface area contributed by atoms with Gasteiger partial charge < -0.3 is 4.74 Å². The highest BCUT2D eigenvalue weighted by Gasteiger charge is 2.37. The zero-order valence-corrected chi connectivity index (χ0v) is 14.9. The minimum atomic E-state index is -3.53. The van der Waals surface area contributed by atoms with E-state index in [0.717, 1.165) is 25.1 Å². The number of ether oxygens (including phenoxy) is 1. The molecule has 1 aliphatic heterocycles. The molecular formula is C17H23N3O3S. The zero-order chi connectivity index (χ0) is 17.2. The normalized spacial score (nSPS) is 18.8. The highest BCUT2D eigenvalue weighted by molar-refractivity contribution is 7.89. The summed E-state index contributed by atoms with van der Waals surface area (Å²) in [5.41, 5.74) is 0.963. The Hall–Kier alpha value is -1.86. The molecule has 130 valence electrons. The van der Waals surface area contributed by atoms with Crippen LogP contribution in [0.15, 0.2) is 41.4 Å². The lowest BCUT2D eigenvalue weighted by molar-refractivity contribution is 0.340. The third-order valence-corrected chi connectivity index (χ3v) is 6.26. The highest BCUT2D eigenvalue weighted by atomic mass is 32.2. The van der Waals surface area contributed by atoms with Crippen LogP contribution in [-0.4, -0.2) is 35.7 Å². The van der Waals surface area contributed by atoms with Crippen molar-refractivity contribution in [3.8, 4) is 5.75 Å². The van der Waals surface area contributed by atoms with Gasteiger partial charge in [0.05, 0.1) is 23.2 Å². The molecule has 6 nitrogen and oxygen atoms in total. The van der Waals surface area contributed by atoms with Gasteiger partial charge in [-0.15, -0.1) is 0 Å². The molecule has 0 amide bonds. The van der Waals surface area contributed by atoms with Crippen LogP contribution in [0.5, 0.6) is 5.75 Å². The van der Waals surface area contributed by atoms with E-state index in [1.54, 1.807) is 34.8 Å². The fraction of sp³-hybridized carbons (Fsp3) is 0.471. The average Bonchev–Trinajstić information content (AvgIpc) is 3.24. The lowest BCUT2D eigenvalue weighted by atomic mass is 10.1. The summed E-state index contributed by atoms with van der Waals surface area (Å²) in [5, 5.41) is 4.28. The standard InChI is InChI=1S/C17H23N3O3S/c1-3-19-16(11-12-18-19)17-6-5-13-20(17)24(21,22)15-9-7-14(8-10-15)23-4-2/h7-12,17H,3-6,13H2,1-2H3. The molecule has 1 atom stereocenters. The van der Waals surface area contributed by atoms with Crippen LogP contribution in [0.2, 0.25) is 0 Å². The predicted octanol–water partition coefficient (Wildman–Crippen LogP) is 2.83. The molecule has 0 radical (unpaired) electrons. The van der Waals surface area contributed by atoms with Gasteiger partial charge in [0.2, 0.25) is 10.0 Å². The topological polar surface area (TPSA) is 64.4 Å². The SMILES string of the molecule is CCOc1ccc(S(=O)(=O)N2CCCC2c2ccnn2CC)cc1. The van der Waals surface area contributed by atoms with Gasteiger partial charge in [0.25, 0.3) is 0 Å². The van der Waals surface area contributed by atoms with E-state index in [-0.39, 0.29) is 6.04 Å². The number of nitrogens with zero attached hydrogens (tertiary/aromatic N) is 3. The van der Waals surface area contributed by atoms with E-state index in [1.165, 1.54) is 0 Å². The van der Waals surface area contributed by atoms with Crippen molar-refractivity contribution in [2.24, 2.45) is 0 Å². The van der Waals surface area contributed by atoms with Gasteiger partial charge in [-0.25, -0.2) is 8.42 Å². The first-order valence-electron chi connectivity index (χ1n) is 8.34. The molecule has 3 rings (SSSR count). The minimum absolute atomic E-state index is 0.149. The van der Waals surface area contributed by atoms with E-state index >= 15 is 0 Å². The predicted molar refractivity (Wildman–Crippen MR) is 91.4 cm³/mol. The number of benzene rings is 1. The zero-order valence-electron chi connectivity index (χ0n) is 14.1. The van der Waals surface area contributed by atoms with Crippen LogP contribution < -0.4 is 4.74 Å². The Morgan fingerprint density at radius 3 is 2.62 bits per heavy atom. The maximum atomic E-state index is 13.1. The number of hydrogen-bond donors (Lipinski definition) is 0. The summed E-state index contributed by atoms with van der Waals surface area (Å²) in [7, 11) is -3.53. The summed E-state index contributed by atoms with van der Waals surface area (Å²) in [6, 6.07) is 8.42. The molecule has 0 saturated carbocycles. The molecular weight excluding hydrogens is 326 g/mol. The fourth-order valence-electron chi connectivity index (χ4n) is 3.22. The Bertz CT molecular complexity index is 784. The molecule has 1 aromatic carbocycles. The second-order valence-electron chi connectivity index (χ2n) is 5.75. The molecule has 1 fully saturated rings. The molecule has 0 bridgehead atoms. The third-order valence-electron chi connectivity index (χ3n) is 4.34. The number of hydrogen-bond acceptors (Lipinski definition) is 4. The van der Waals surface area contributed by atoms with Crippen molar-refractivity contribution >= 4 is 10.0 Å². The van der Waals surface area contributed by atoms with Gasteiger partial charge in [0.1, 0.15) is 5.75 Å². The van der Waals surface area contributed by atoms with Crippen LogP contribution >= 0.6 is 0 Å². The van der Waals surface area contributed by atoms with Crippen molar-refractivity contribution in [2.45, 2.75) is 44.2 Å². The lowest BCUT2D eigenvalue weighted by Gasteiger charge is -2.24. The lowest BCUT2D eigenvalue weighted by Crippen LogP contribution is -2.31. The van der Waals surface area contributed by atoms with Crippen LogP contribution in [0, 0.1) is 0 Å². The van der Waals surface area contributed by atoms with E-state index in [4.69, 9.17) is 4.74 Å². The van der Waals surface area contributed by atoms with Gasteiger partial charge in [-0.2, -0.15) is 9.40 Å². The van der Waals surface area contributed by atoms with Crippen molar-refractivity contribution < 1.29 is 13.2 Å². The molecule has 0 aliphatic carbocycles. The number of rotatable bonds is 6. The van der Waals surface area contributed by atoms with Gasteiger partial charge >= 0.3 is 0 Å². The Balaban J connectivity index is 1.90. The summed E-state index contributed by atoms with van der Waals surface area (Å²) in [6.45, 7) is 5.74. The molecule has 0 spiro atoms. The smallest absolute Gasteiger partial charge is 0.243 e. The summed E-state index contributed by atoms with van der Waals surface area (Å²) in [6.07, 6.45) is 3.41. The first kappa shape index (κ1) is 17.0. The van der Waals surface area contributed by atoms with Gasteiger partial charge in [-0.05, 0) is 57.0 Å². The molecule has 1 aliphatic rings. The van der Waals surface area contributed by atoms with Crippen molar-refractivity contribution in [1.29, 1.82) is 0 Å². The maximum Gasteiger partial charge on any atom is 0.243 e. The molecule has 24 heavy (non-hydrogen) atoms. The van der Waals surface area contributed by atoms with Gasteiger partial charge in [-0.3, -0.25) is 4.68 Å². The molecule has 1 unspecified atom stereocenters. The Kier molecular flexibility index (Phi) is 4.91. The van der Waals surface area contributed by atoms with Crippen LogP contribution in [-0.2, 0) is 16.6 Å². The number of aromatic nitrogens is 2. The minimum Gasteiger partial charge on any atom is -0.494 e. The molecule has 1 saturated heterocycles. The van der Waals surface area contributed by atoms with E-state index in [0.29, 0.717) is 23.8 Å². The summed E-state index contributed by atoms with van der Waals surface area (Å²) < 4.78 is 35.0. The second kappa shape index (κ2) is 6.94. The van der Waals surface area contributed by atoms with E-state index in [9.17, 15) is 8.42 Å². The second-order valence-corrected chi connectivity index (χ2v) is 7.64. The average molecular weight is 349 g/mol. The van der Waals surface area contributed by atoms with E-state index < -0.39 is 10.0 Å². The molecule has 2 heterocycles. The van der Waals surface area contributed by atoms with Crippen LogP contribution in [0.4, 0.5) is 0 Å².